The van der Waals surface area contributed by atoms with Crippen LogP contribution < -0.4 is 0 Å². The number of carbonyl (C=O) groups excluding carboxylic acids is 2. The van der Waals surface area contributed by atoms with Crippen LogP contribution in [0.1, 0.15) is 32.3 Å². The fourth-order valence-corrected chi connectivity index (χ4v) is 2.73. The average Bonchev–Trinajstić information content (AvgIpc) is 2.45. The molecule has 2 atom stereocenters. The average molecular weight is 272 g/mol. The maximum absolute atomic E-state index is 12.3. The molecule has 0 fully saturated rings. The third-order valence-corrected chi connectivity index (χ3v) is 3.82. The Morgan fingerprint density at radius 3 is 2.65 bits per heavy atom. The number of allylic oxidation sites excluding steroid dienone is 1. The van der Waals surface area contributed by atoms with Crippen molar-refractivity contribution < 1.29 is 14.3 Å². The molecule has 0 aromatic heterocycles. The van der Waals surface area contributed by atoms with Gasteiger partial charge in [-0.25, -0.2) is 0 Å². The van der Waals surface area contributed by atoms with Crippen LogP contribution in [0.4, 0.5) is 0 Å². The zero-order valence-corrected chi connectivity index (χ0v) is 12.0. The van der Waals surface area contributed by atoms with E-state index in [1.807, 2.05) is 44.2 Å². The smallest absolute Gasteiger partial charge is 0.313 e. The van der Waals surface area contributed by atoms with E-state index in [4.69, 9.17) is 4.74 Å². The number of ether oxygens (including phenoxy) is 1. The Balaban J connectivity index is 2.03. The van der Waals surface area contributed by atoms with Gasteiger partial charge < -0.3 is 4.74 Å². The van der Waals surface area contributed by atoms with Crippen molar-refractivity contribution in [2.45, 2.75) is 33.3 Å². The Morgan fingerprint density at radius 2 is 2.00 bits per heavy atom. The largest absolute Gasteiger partial charge is 0.460 e. The van der Waals surface area contributed by atoms with Gasteiger partial charge >= 0.3 is 5.97 Å². The molecule has 3 heteroatoms. The molecule has 2 rings (SSSR count). The zero-order valence-electron chi connectivity index (χ0n) is 12.0. The molecule has 0 aliphatic heterocycles. The quantitative estimate of drug-likeness (QED) is 0.790. The number of rotatable bonds is 4. The van der Waals surface area contributed by atoms with Gasteiger partial charge in [-0.2, -0.15) is 0 Å². The van der Waals surface area contributed by atoms with Gasteiger partial charge in [0.25, 0.3) is 0 Å². The molecule has 20 heavy (non-hydrogen) atoms. The van der Waals surface area contributed by atoms with Crippen LogP contribution in [0.25, 0.3) is 0 Å². The molecule has 3 nitrogen and oxygen atoms in total. The second kappa shape index (κ2) is 6.51. The maximum atomic E-state index is 12.3. The number of carbonyl (C=O) groups is 2. The molecular weight excluding hydrogens is 252 g/mol. The molecule has 1 aromatic carbocycles. The summed E-state index contributed by atoms with van der Waals surface area (Å²) in [7, 11) is 0. The van der Waals surface area contributed by atoms with E-state index in [9.17, 15) is 9.59 Å². The highest BCUT2D eigenvalue weighted by atomic mass is 16.5. The first-order valence-electron chi connectivity index (χ1n) is 7.03. The van der Waals surface area contributed by atoms with E-state index < -0.39 is 0 Å². The predicted octanol–water partition coefficient (Wildman–Crippen LogP) is 3.29. The molecule has 0 heterocycles. The Hall–Kier alpha value is -1.90. The molecule has 0 N–H and O–H groups in total. The lowest BCUT2D eigenvalue weighted by Gasteiger charge is -2.28. The molecule has 106 valence electrons. The van der Waals surface area contributed by atoms with E-state index in [0.29, 0.717) is 6.42 Å². The number of hydrogen-bond acceptors (Lipinski definition) is 3. The van der Waals surface area contributed by atoms with Crippen molar-refractivity contribution in [3.8, 4) is 0 Å². The Labute approximate surface area is 119 Å². The van der Waals surface area contributed by atoms with Crippen LogP contribution in [0.2, 0.25) is 0 Å². The monoisotopic (exact) mass is 272 g/mol. The first-order chi connectivity index (χ1) is 9.61. The lowest BCUT2D eigenvalue weighted by atomic mass is 9.77. The van der Waals surface area contributed by atoms with Crippen molar-refractivity contribution in [2.75, 3.05) is 0 Å². The van der Waals surface area contributed by atoms with E-state index in [-0.39, 0.29) is 30.2 Å². The van der Waals surface area contributed by atoms with E-state index in [2.05, 4.69) is 0 Å². The first kappa shape index (κ1) is 14.5. The van der Waals surface area contributed by atoms with Crippen molar-refractivity contribution in [1.29, 1.82) is 0 Å². The fourth-order valence-electron chi connectivity index (χ4n) is 2.73. The summed E-state index contributed by atoms with van der Waals surface area (Å²) in [4.78, 5) is 23.8. The predicted molar refractivity (Wildman–Crippen MR) is 76.9 cm³/mol. The Kier molecular flexibility index (Phi) is 4.72. The van der Waals surface area contributed by atoms with Gasteiger partial charge in [0.15, 0.2) is 5.78 Å². The Morgan fingerprint density at radius 1 is 1.30 bits per heavy atom. The van der Waals surface area contributed by atoms with E-state index in [1.54, 1.807) is 6.08 Å². The van der Waals surface area contributed by atoms with Crippen molar-refractivity contribution >= 4 is 11.8 Å². The standard InChI is InChI=1S/C17H20O3/c1-3-14-10-15(18)9-12(2)16(14)17(19)20-11-13-7-5-4-6-8-13/h4-9,14,16H,3,10-11H2,1-2H3. The van der Waals surface area contributed by atoms with Gasteiger partial charge in [-0.1, -0.05) is 49.2 Å². The van der Waals surface area contributed by atoms with Crippen LogP contribution in [-0.4, -0.2) is 11.8 Å². The fraction of sp³-hybridized carbons (Fsp3) is 0.412. The molecular formula is C17H20O3. The minimum atomic E-state index is -0.276. The zero-order chi connectivity index (χ0) is 14.5. The van der Waals surface area contributed by atoms with Crippen LogP contribution in [-0.2, 0) is 20.9 Å². The normalized spacial score (nSPS) is 22.3. The third kappa shape index (κ3) is 3.35. The van der Waals surface area contributed by atoms with Gasteiger partial charge in [0.2, 0.25) is 0 Å². The van der Waals surface area contributed by atoms with Crippen LogP contribution in [0.5, 0.6) is 0 Å². The van der Waals surface area contributed by atoms with Crippen LogP contribution in [0.3, 0.4) is 0 Å². The highest BCUT2D eigenvalue weighted by Crippen LogP contribution is 2.32. The SMILES string of the molecule is CCC1CC(=O)C=C(C)C1C(=O)OCc1ccccc1. The number of benzene rings is 1. The van der Waals surface area contributed by atoms with Gasteiger partial charge in [0.1, 0.15) is 6.61 Å². The van der Waals surface area contributed by atoms with Crippen molar-refractivity contribution in [3.63, 3.8) is 0 Å². The minimum absolute atomic E-state index is 0.0655. The third-order valence-electron chi connectivity index (χ3n) is 3.82. The summed E-state index contributed by atoms with van der Waals surface area (Å²) in [5, 5.41) is 0. The summed E-state index contributed by atoms with van der Waals surface area (Å²) in [6, 6.07) is 9.62. The molecule has 1 aliphatic carbocycles. The van der Waals surface area contributed by atoms with Gasteiger partial charge in [0.05, 0.1) is 5.92 Å². The van der Waals surface area contributed by atoms with Gasteiger partial charge in [-0.15, -0.1) is 0 Å². The lowest BCUT2D eigenvalue weighted by Crippen LogP contribution is -2.31. The molecule has 0 amide bonds. The van der Waals surface area contributed by atoms with Crippen LogP contribution >= 0.6 is 0 Å². The first-order valence-corrected chi connectivity index (χ1v) is 7.03. The summed E-state index contributed by atoms with van der Waals surface area (Å²) in [6.07, 6.45) is 2.83. The van der Waals surface area contributed by atoms with Gasteiger partial charge in [-0.3, -0.25) is 9.59 Å². The van der Waals surface area contributed by atoms with E-state index in [0.717, 1.165) is 17.6 Å². The second-order valence-electron chi connectivity index (χ2n) is 5.30. The van der Waals surface area contributed by atoms with E-state index in [1.165, 1.54) is 0 Å². The molecule has 0 saturated heterocycles. The number of esters is 1. The van der Waals surface area contributed by atoms with Crippen LogP contribution in [0.15, 0.2) is 42.0 Å². The van der Waals surface area contributed by atoms with Crippen LogP contribution in [0, 0.1) is 11.8 Å². The number of hydrogen-bond donors (Lipinski definition) is 0. The summed E-state index contributed by atoms with van der Waals surface area (Å²) >= 11 is 0. The lowest BCUT2D eigenvalue weighted by molar-refractivity contribution is -0.150. The molecule has 0 bridgehead atoms. The summed E-state index contributed by atoms with van der Waals surface area (Å²) in [6.45, 7) is 4.13. The Bertz CT molecular complexity index is 516. The second-order valence-corrected chi connectivity index (χ2v) is 5.30. The summed E-state index contributed by atoms with van der Waals surface area (Å²) in [5.74, 6) is -0.319. The molecule has 0 spiro atoms. The van der Waals surface area contributed by atoms with E-state index >= 15 is 0 Å². The van der Waals surface area contributed by atoms with Crippen molar-refractivity contribution in [2.24, 2.45) is 11.8 Å². The summed E-state index contributed by atoms with van der Waals surface area (Å²) < 4.78 is 5.41. The topological polar surface area (TPSA) is 43.4 Å². The highest BCUT2D eigenvalue weighted by Gasteiger charge is 2.34. The molecule has 2 unspecified atom stereocenters. The highest BCUT2D eigenvalue weighted by molar-refractivity contribution is 5.94. The summed E-state index contributed by atoms with van der Waals surface area (Å²) in [5.41, 5.74) is 1.80. The maximum Gasteiger partial charge on any atom is 0.313 e. The number of ketones is 1. The molecule has 0 radical (unpaired) electrons. The molecule has 0 saturated carbocycles. The van der Waals surface area contributed by atoms with Crippen molar-refractivity contribution in [1.82, 2.24) is 0 Å². The minimum Gasteiger partial charge on any atom is -0.460 e. The van der Waals surface area contributed by atoms with Gasteiger partial charge in [-0.05, 0) is 24.5 Å². The van der Waals surface area contributed by atoms with Gasteiger partial charge in [0, 0.05) is 6.42 Å². The molecule has 1 aromatic rings. The molecule has 1 aliphatic rings. The van der Waals surface area contributed by atoms with Crippen molar-refractivity contribution in [3.05, 3.63) is 47.5 Å².